The van der Waals surface area contributed by atoms with Gasteiger partial charge < -0.3 is 9.42 Å². The molecule has 4 rings (SSSR count). The lowest BCUT2D eigenvalue weighted by Gasteiger charge is -2.17. The minimum atomic E-state index is -0.117. The highest BCUT2D eigenvalue weighted by molar-refractivity contribution is 6.07. The maximum atomic E-state index is 13.2. The highest BCUT2D eigenvalue weighted by Gasteiger charge is 2.18. The lowest BCUT2D eigenvalue weighted by Crippen LogP contribution is -2.26. The fourth-order valence-corrected chi connectivity index (χ4v) is 3.01. The van der Waals surface area contributed by atoms with E-state index in [-0.39, 0.29) is 5.91 Å². The molecule has 1 amide bonds. The molecule has 1 aromatic carbocycles. The highest BCUT2D eigenvalue weighted by Crippen LogP contribution is 2.25. The third-order valence-electron chi connectivity index (χ3n) is 4.50. The smallest absolute Gasteiger partial charge is 0.254 e. The van der Waals surface area contributed by atoms with E-state index in [9.17, 15) is 4.79 Å². The largest absolute Gasteiger partial charge is 0.364 e. The van der Waals surface area contributed by atoms with E-state index in [1.165, 1.54) is 6.26 Å². The summed E-state index contributed by atoms with van der Waals surface area (Å²) in [4.78, 5) is 28.2. The van der Waals surface area contributed by atoms with Crippen LogP contribution in [0.3, 0.4) is 0 Å². The lowest BCUT2D eigenvalue weighted by molar-refractivity contribution is 0.0784. The van der Waals surface area contributed by atoms with E-state index in [1.807, 2.05) is 31.2 Å². The first-order valence-electron chi connectivity index (χ1n) is 9.01. The number of carbonyl (C=O) groups excluding carboxylic acids is 1. The molecule has 0 saturated heterocycles. The van der Waals surface area contributed by atoms with Crippen LogP contribution >= 0.6 is 0 Å². The number of fused-ring (bicyclic) bond motifs is 1. The normalized spacial score (nSPS) is 10.9. The van der Waals surface area contributed by atoms with E-state index in [2.05, 4.69) is 15.1 Å². The van der Waals surface area contributed by atoms with Crippen LogP contribution in [0.25, 0.3) is 22.2 Å². The van der Waals surface area contributed by atoms with Crippen LogP contribution in [-0.4, -0.2) is 38.0 Å². The molecule has 0 radical (unpaired) electrons. The number of rotatable bonds is 5. The molecule has 0 bridgehead atoms. The molecule has 0 aliphatic rings. The summed E-state index contributed by atoms with van der Waals surface area (Å²) in [7, 11) is 1.74. The number of benzene rings is 1. The SMILES string of the molecule is CCc1ncc(-c2cc(C(=O)N(C)Cc3ccon3)c3ccccc3n2)cn1. The van der Waals surface area contributed by atoms with Gasteiger partial charge in [0, 0.05) is 42.9 Å². The van der Waals surface area contributed by atoms with Crippen LogP contribution in [0, 0.1) is 0 Å². The van der Waals surface area contributed by atoms with Gasteiger partial charge in [0.05, 0.1) is 23.3 Å². The van der Waals surface area contributed by atoms with Crippen molar-refractivity contribution in [3.05, 3.63) is 72.1 Å². The van der Waals surface area contributed by atoms with Gasteiger partial charge in [-0.3, -0.25) is 4.79 Å². The Kier molecular flexibility index (Phi) is 4.80. The maximum absolute atomic E-state index is 13.2. The van der Waals surface area contributed by atoms with Gasteiger partial charge in [0.15, 0.2) is 0 Å². The molecule has 0 unspecified atom stereocenters. The predicted molar refractivity (Wildman–Crippen MR) is 104 cm³/mol. The highest BCUT2D eigenvalue weighted by atomic mass is 16.5. The van der Waals surface area contributed by atoms with Crippen molar-refractivity contribution >= 4 is 16.8 Å². The van der Waals surface area contributed by atoms with Crippen molar-refractivity contribution in [2.45, 2.75) is 19.9 Å². The molecule has 0 saturated carbocycles. The van der Waals surface area contributed by atoms with Gasteiger partial charge >= 0.3 is 0 Å². The molecule has 3 aromatic heterocycles. The molecular weight excluding hydrogens is 354 g/mol. The number of hydrogen-bond donors (Lipinski definition) is 0. The first-order chi connectivity index (χ1) is 13.7. The summed E-state index contributed by atoms with van der Waals surface area (Å²) in [5.74, 6) is 0.655. The van der Waals surface area contributed by atoms with Crippen molar-refractivity contribution in [1.82, 2.24) is 25.0 Å². The van der Waals surface area contributed by atoms with E-state index < -0.39 is 0 Å². The Labute approximate surface area is 162 Å². The molecule has 0 spiro atoms. The molecule has 7 nitrogen and oxygen atoms in total. The zero-order chi connectivity index (χ0) is 19.5. The number of para-hydroxylation sites is 1. The number of nitrogens with zero attached hydrogens (tertiary/aromatic N) is 5. The second-order valence-corrected chi connectivity index (χ2v) is 6.47. The van der Waals surface area contributed by atoms with Crippen molar-refractivity contribution in [2.75, 3.05) is 7.05 Å². The average molecular weight is 373 g/mol. The maximum Gasteiger partial charge on any atom is 0.254 e. The number of pyridine rings is 1. The van der Waals surface area contributed by atoms with Gasteiger partial charge in [0.2, 0.25) is 0 Å². The van der Waals surface area contributed by atoms with Crippen molar-refractivity contribution in [3.8, 4) is 11.3 Å². The summed E-state index contributed by atoms with van der Waals surface area (Å²) in [5.41, 5.74) is 3.46. The first kappa shape index (κ1) is 17.8. The van der Waals surface area contributed by atoms with Crippen molar-refractivity contribution < 1.29 is 9.32 Å². The number of carbonyl (C=O) groups is 1. The van der Waals surface area contributed by atoms with Gasteiger partial charge in [-0.2, -0.15) is 0 Å². The molecule has 7 heteroatoms. The van der Waals surface area contributed by atoms with Gasteiger partial charge in [-0.25, -0.2) is 15.0 Å². The van der Waals surface area contributed by atoms with Crippen LogP contribution in [0.4, 0.5) is 0 Å². The van der Waals surface area contributed by atoms with Crippen LogP contribution in [0.1, 0.15) is 28.8 Å². The Bertz CT molecular complexity index is 1110. The summed E-state index contributed by atoms with van der Waals surface area (Å²) in [6, 6.07) is 11.1. The fourth-order valence-electron chi connectivity index (χ4n) is 3.01. The second kappa shape index (κ2) is 7.56. The Balaban J connectivity index is 1.76. The Morgan fingerprint density at radius 1 is 1.14 bits per heavy atom. The fraction of sp³-hybridized carbons (Fsp3) is 0.190. The van der Waals surface area contributed by atoms with Gasteiger partial charge in [-0.05, 0) is 12.1 Å². The van der Waals surface area contributed by atoms with E-state index in [4.69, 9.17) is 9.51 Å². The van der Waals surface area contributed by atoms with E-state index in [0.29, 0.717) is 23.5 Å². The average Bonchev–Trinajstić information content (AvgIpc) is 3.25. The summed E-state index contributed by atoms with van der Waals surface area (Å²) in [6.07, 6.45) is 5.75. The molecule has 4 aromatic rings. The Morgan fingerprint density at radius 2 is 1.93 bits per heavy atom. The molecular formula is C21H19N5O2. The van der Waals surface area contributed by atoms with Crippen molar-refractivity contribution in [3.63, 3.8) is 0 Å². The van der Waals surface area contributed by atoms with Crippen LogP contribution in [0.15, 0.2) is 59.6 Å². The molecule has 0 atom stereocenters. The predicted octanol–water partition coefficient (Wildman–Crippen LogP) is 3.51. The van der Waals surface area contributed by atoms with Crippen LogP contribution in [0.5, 0.6) is 0 Å². The van der Waals surface area contributed by atoms with Crippen LogP contribution in [-0.2, 0) is 13.0 Å². The number of amides is 1. The molecule has 0 aliphatic heterocycles. The van der Waals surface area contributed by atoms with Crippen molar-refractivity contribution in [1.29, 1.82) is 0 Å². The quantitative estimate of drug-likeness (QED) is 0.532. The van der Waals surface area contributed by atoms with Gasteiger partial charge in [-0.1, -0.05) is 30.3 Å². The van der Waals surface area contributed by atoms with Gasteiger partial charge in [0.1, 0.15) is 17.8 Å². The molecule has 0 aliphatic carbocycles. The first-order valence-corrected chi connectivity index (χ1v) is 9.01. The summed E-state index contributed by atoms with van der Waals surface area (Å²) < 4.78 is 4.86. The van der Waals surface area contributed by atoms with Gasteiger partial charge in [-0.15, -0.1) is 0 Å². The third-order valence-corrected chi connectivity index (χ3v) is 4.50. The molecule has 0 N–H and O–H groups in total. The van der Waals surface area contributed by atoms with E-state index in [1.54, 1.807) is 36.5 Å². The van der Waals surface area contributed by atoms with Crippen molar-refractivity contribution in [2.24, 2.45) is 0 Å². The standard InChI is InChI=1S/C21H19N5O2/c1-3-20-22-11-14(12-23-20)19-10-17(16-6-4-5-7-18(16)24-19)21(27)26(2)13-15-8-9-28-25-15/h4-12H,3,13H2,1-2H3. The van der Waals surface area contributed by atoms with E-state index in [0.717, 1.165) is 28.7 Å². The number of aryl methyl sites for hydroxylation is 1. The summed E-state index contributed by atoms with van der Waals surface area (Å²) in [6.45, 7) is 2.36. The third kappa shape index (κ3) is 3.46. The van der Waals surface area contributed by atoms with Crippen LogP contribution < -0.4 is 0 Å². The number of hydrogen-bond acceptors (Lipinski definition) is 6. The lowest BCUT2D eigenvalue weighted by atomic mass is 10.0. The van der Waals surface area contributed by atoms with E-state index >= 15 is 0 Å². The second-order valence-electron chi connectivity index (χ2n) is 6.47. The molecule has 140 valence electrons. The summed E-state index contributed by atoms with van der Waals surface area (Å²) in [5, 5.41) is 4.68. The topological polar surface area (TPSA) is 85.0 Å². The minimum Gasteiger partial charge on any atom is -0.364 e. The Hall–Kier alpha value is -3.61. The summed E-state index contributed by atoms with van der Waals surface area (Å²) >= 11 is 0. The van der Waals surface area contributed by atoms with Crippen LogP contribution in [0.2, 0.25) is 0 Å². The molecule has 28 heavy (non-hydrogen) atoms. The van der Waals surface area contributed by atoms with Gasteiger partial charge in [0.25, 0.3) is 5.91 Å². The zero-order valence-corrected chi connectivity index (χ0v) is 15.7. The molecule has 0 fully saturated rings. The monoisotopic (exact) mass is 373 g/mol. The molecule has 3 heterocycles. The Morgan fingerprint density at radius 3 is 2.64 bits per heavy atom. The number of aromatic nitrogens is 4. The zero-order valence-electron chi connectivity index (χ0n) is 15.7. The minimum absolute atomic E-state index is 0.117.